The zero-order valence-electron chi connectivity index (χ0n) is 10.3. The molecule has 18 heavy (non-hydrogen) atoms. The van der Waals surface area contributed by atoms with Gasteiger partial charge >= 0.3 is 0 Å². The van der Waals surface area contributed by atoms with Gasteiger partial charge in [-0.05, 0) is 25.6 Å². The van der Waals surface area contributed by atoms with Crippen LogP contribution in [0.4, 0.5) is 4.39 Å². The van der Waals surface area contributed by atoms with Gasteiger partial charge in [0, 0.05) is 18.8 Å². The molecule has 0 amide bonds. The van der Waals surface area contributed by atoms with Crippen molar-refractivity contribution >= 4 is 0 Å². The van der Waals surface area contributed by atoms with Crippen molar-refractivity contribution in [2.45, 2.75) is 13.5 Å². The minimum atomic E-state index is -0.338. The van der Waals surface area contributed by atoms with Crippen molar-refractivity contribution in [3.63, 3.8) is 0 Å². The van der Waals surface area contributed by atoms with E-state index in [0.717, 1.165) is 11.3 Å². The van der Waals surface area contributed by atoms with Crippen molar-refractivity contribution in [1.29, 1.82) is 0 Å². The Bertz CT molecular complexity index is 546. The van der Waals surface area contributed by atoms with Crippen LogP contribution >= 0.6 is 0 Å². The molecule has 5 heteroatoms. The Hall–Kier alpha value is -2.01. The maximum atomic E-state index is 13.1. The van der Waals surface area contributed by atoms with Gasteiger partial charge in [-0.3, -0.25) is 4.98 Å². The molecule has 1 aromatic heterocycles. The summed E-state index contributed by atoms with van der Waals surface area (Å²) in [5, 5.41) is 2.98. The average Bonchev–Trinajstić information content (AvgIpc) is 2.35. The highest BCUT2D eigenvalue weighted by Crippen LogP contribution is 2.23. The summed E-state index contributed by atoms with van der Waals surface area (Å²) in [7, 11) is 1.83. The fourth-order valence-electron chi connectivity index (χ4n) is 1.50. The topological polar surface area (TPSA) is 47.0 Å². The number of halogens is 1. The number of rotatable bonds is 4. The predicted molar refractivity (Wildman–Crippen MR) is 66.0 cm³/mol. The van der Waals surface area contributed by atoms with Gasteiger partial charge in [0.15, 0.2) is 0 Å². The second kappa shape index (κ2) is 5.55. The third-order valence-corrected chi connectivity index (χ3v) is 2.38. The summed E-state index contributed by atoms with van der Waals surface area (Å²) in [5.74, 6) is 0.470. The third kappa shape index (κ3) is 3.01. The predicted octanol–water partition coefficient (Wildman–Crippen LogP) is 2.44. The number of hydrogen-bond donors (Lipinski definition) is 1. The normalized spacial score (nSPS) is 10.4. The van der Waals surface area contributed by atoms with Crippen molar-refractivity contribution in [3.8, 4) is 11.6 Å². The monoisotopic (exact) mass is 247 g/mol. The van der Waals surface area contributed by atoms with Crippen LogP contribution in [0.2, 0.25) is 0 Å². The van der Waals surface area contributed by atoms with Gasteiger partial charge < -0.3 is 10.1 Å². The van der Waals surface area contributed by atoms with E-state index in [4.69, 9.17) is 4.74 Å². The second-order valence-electron chi connectivity index (χ2n) is 3.89. The van der Waals surface area contributed by atoms with Gasteiger partial charge in [-0.1, -0.05) is 6.07 Å². The lowest BCUT2D eigenvalue weighted by molar-refractivity contribution is 0.449. The van der Waals surface area contributed by atoms with Crippen LogP contribution in [-0.4, -0.2) is 17.0 Å². The van der Waals surface area contributed by atoms with Crippen LogP contribution in [0.5, 0.6) is 11.6 Å². The first-order valence-corrected chi connectivity index (χ1v) is 5.58. The molecule has 2 aromatic rings. The molecule has 1 heterocycles. The fourth-order valence-corrected chi connectivity index (χ4v) is 1.50. The average molecular weight is 247 g/mol. The van der Waals surface area contributed by atoms with Crippen molar-refractivity contribution in [1.82, 2.24) is 15.3 Å². The van der Waals surface area contributed by atoms with Crippen molar-refractivity contribution in [2.24, 2.45) is 0 Å². The second-order valence-corrected chi connectivity index (χ2v) is 3.89. The Morgan fingerprint density at radius 3 is 2.94 bits per heavy atom. The molecule has 4 nitrogen and oxygen atoms in total. The summed E-state index contributed by atoms with van der Waals surface area (Å²) in [6, 6.07) is 4.39. The van der Waals surface area contributed by atoms with Crippen LogP contribution in [-0.2, 0) is 6.54 Å². The van der Waals surface area contributed by atoms with E-state index in [1.807, 2.05) is 14.0 Å². The highest BCUT2D eigenvalue weighted by Gasteiger charge is 2.05. The SMILES string of the molecule is CNCc1cncc(Oc2cc(F)ccc2C)n1. The molecule has 0 aliphatic carbocycles. The van der Waals surface area contributed by atoms with Crippen LogP contribution in [0.1, 0.15) is 11.3 Å². The quantitative estimate of drug-likeness (QED) is 0.901. The summed E-state index contributed by atoms with van der Waals surface area (Å²) in [6.45, 7) is 2.45. The standard InChI is InChI=1S/C13H14FN3O/c1-9-3-4-10(14)5-12(9)18-13-8-16-7-11(17-13)6-15-2/h3-5,7-8,15H,6H2,1-2H3. The number of aryl methyl sites for hydroxylation is 1. The van der Waals surface area contributed by atoms with E-state index in [-0.39, 0.29) is 5.82 Å². The molecule has 0 spiro atoms. The van der Waals surface area contributed by atoms with Gasteiger partial charge in [-0.25, -0.2) is 9.37 Å². The summed E-state index contributed by atoms with van der Waals surface area (Å²) >= 11 is 0. The smallest absolute Gasteiger partial charge is 0.238 e. The number of ether oxygens (including phenoxy) is 1. The molecule has 0 aliphatic rings. The molecule has 2 rings (SSSR count). The van der Waals surface area contributed by atoms with E-state index in [9.17, 15) is 4.39 Å². The largest absolute Gasteiger partial charge is 0.437 e. The molecule has 0 aliphatic heterocycles. The molecule has 0 radical (unpaired) electrons. The number of hydrogen-bond acceptors (Lipinski definition) is 4. The Morgan fingerprint density at radius 1 is 1.33 bits per heavy atom. The van der Waals surface area contributed by atoms with Crippen LogP contribution in [0.25, 0.3) is 0 Å². The minimum absolute atomic E-state index is 0.338. The highest BCUT2D eigenvalue weighted by molar-refractivity contribution is 5.35. The summed E-state index contributed by atoms with van der Waals surface area (Å²) < 4.78 is 18.7. The van der Waals surface area contributed by atoms with Crippen molar-refractivity contribution < 1.29 is 9.13 Å². The summed E-state index contributed by atoms with van der Waals surface area (Å²) in [6.07, 6.45) is 3.16. The minimum Gasteiger partial charge on any atom is -0.437 e. The summed E-state index contributed by atoms with van der Waals surface area (Å²) in [4.78, 5) is 8.29. The van der Waals surface area contributed by atoms with E-state index in [2.05, 4.69) is 15.3 Å². The molecule has 0 saturated carbocycles. The first kappa shape index (κ1) is 12.4. The van der Waals surface area contributed by atoms with Gasteiger partial charge in [-0.15, -0.1) is 0 Å². The van der Waals surface area contributed by atoms with E-state index >= 15 is 0 Å². The molecule has 0 saturated heterocycles. The van der Waals surface area contributed by atoms with Crippen LogP contribution in [0.3, 0.4) is 0 Å². The Balaban J connectivity index is 2.22. The number of aromatic nitrogens is 2. The molecule has 0 bridgehead atoms. The Labute approximate surface area is 105 Å². The number of nitrogens with one attached hydrogen (secondary N) is 1. The van der Waals surface area contributed by atoms with Crippen LogP contribution < -0.4 is 10.1 Å². The molecule has 0 unspecified atom stereocenters. The van der Waals surface area contributed by atoms with Gasteiger partial charge in [0.05, 0.1) is 11.9 Å². The van der Waals surface area contributed by atoms with Gasteiger partial charge in [0.25, 0.3) is 0 Å². The lowest BCUT2D eigenvalue weighted by Crippen LogP contribution is -2.07. The molecular weight excluding hydrogens is 233 g/mol. The molecule has 94 valence electrons. The zero-order chi connectivity index (χ0) is 13.0. The molecule has 1 N–H and O–H groups in total. The lowest BCUT2D eigenvalue weighted by Gasteiger charge is -2.08. The van der Waals surface area contributed by atoms with Crippen molar-refractivity contribution in [2.75, 3.05) is 7.05 Å². The van der Waals surface area contributed by atoms with Gasteiger partial charge in [0.2, 0.25) is 5.88 Å². The maximum Gasteiger partial charge on any atom is 0.238 e. The van der Waals surface area contributed by atoms with Crippen molar-refractivity contribution in [3.05, 3.63) is 47.7 Å². The van der Waals surface area contributed by atoms with Gasteiger partial charge in [-0.2, -0.15) is 0 Å². The van der Waals surface area contributed by atoms with Crippen LogP contribution in [0, 0.1) is 12.7 Å². The first-order valence-electron chi connectivity index (χ1n) is 5.58. The van der Waals surface area contributed by atoms with E-state index < -0.39 is 0 Å². The highest BCUT2D eigenvalue weighted by atomic mass is 19.1. The van der Waals surface area contributed by atoms with E-state index in [0.29, 0.717) is 18.2 Å². The fraction of sp³-hybridized carbons (Fsp3) is 0.231. The number of nitrogens with zero attached hydrogens (tertiary/aromatic N) is 2. The van der Waals surface area contributed by atoms with Crippen LogP contribution in [0.15, 0.2) is 30.6 Å². The third-order valence-electron chi connectivity index (χ3n) is 2.38. The first-order chi connectivity index (χ1) is 8.69. The Kier molecular flexibility index (Phi) is 3.84. The zero-order valence-corrected chi connectivity index (χ0v) is 10.3. The summed E-state index contributed by atoms with van der Waals surface area (Å²) in [5.41, 5.74) is 1.61. The molecular formula is C13H14FN3O. The molecule has 1 aromatic carbocycles. The van der Waals surface area contributed by atoms with E-state index in [1.165, 1.54) is 18.3 Å². The van der Waals surface area contributed by atoms with Gasteiger partial charge in [0.1, 0.15) is 11.6 Å². The Morgan fingerprint density at radius 2 is 2.17 bits per heavy atom. The number of benzene rings is 1. The maximum absolute atomic E-state index is 13.1. The molecule has 0 fully saturated rings. The van der Waals surface area contributed by atoms with E-state index in [1.54, 1.807) is 12.3 Å². The lowest BCUT2D eigenvalue weighted by atomic mass is 10.2. The molecule has 0 atom stereocenters.